The van der Waals surface area contributed by atoms with Gasteiger partial charge in [0, 0.05) is 18.4 Å². The summed E-state index contributed by atoms with van der Waals surface area (Å²) in [5.41, 5.74) is 9.95. The molecule has 0 amide bonds. The van der Waals surface area contributed by atoms with E-state index in [1.54, 1.807) is 0 Å². The molecule has 3 N–H and O–H groups in total. The number of rotatable bonds is 2. The van der Waals surface area contributed by atoms with Gasteiger partial charge in [-0.05, 0) is 35.4 Å². The molecule has 0 bridgehead atoms. The number of benzene rings is 2. The first kappa shape index (κ1) is 13.1. The summed E-state index contributed by atoms with van der Waals surface area (Å²) >= 11 is 0. The van der Waals surface area contributed by atoms with Gasteiger partial charge < -0.3 is 11.1 Å². The van der Waals surface area contributed by atoms with Gasteiger partial charge in [0.1, 0.15) is 0 Å². The van der Waals surface area contributed by atoms with Gasteiger partial charge >= 0.3 is 0 Å². The van der Waals surface area contributed by atoms with Crippen molar-refractivity contribution >= 4 is 11.4 Å². The Bertz CT molecular complexity index is 429. The molecule has 17 heavy (non-hydrogen) atoms. The van der Waals surface area contributed by atoms with E-state index in [1.807, 2.05) is 45.2 Å². The van der Waals surface area contributed by atoms with Crippen molar-refractivity contribution in [2.24, 2.45) is 0 Å². The van der Waals surface area contributed by atoms with E-state index in [-0.39, 0.29) is 0 Å². The van der Waals surface area contributed by atoms with Crippen LogP contribution < -0.4 is 11.1 Å². The van der Waals surface area contributed by atoms with E-state index in [0.717, 1.165) is 11.4 Å². The van der Waals surface area contributed by atoms with Gasteiger partial charge in [0.25, 0.3) is 0 Å². The van der Waals surface area contributed by atoms with Crippen molar-refractivity contribution in [3.63, 3.8) is 0 Å². The monoisotopic (exact) mass is 228 g/mol. The van der Waals surface area contributed by atoms with Crippen LogP contribution in [0.3, 0.4) is 0 Å². The Kier molecular flexibility index (Phi) is 5.08. The summed E-state index contributed by atoms with van der Waals surface area (Å²) in [4.78, 5) is 0. The topological polar surface area (TPSA) is 38.0 Å². The summed E-state index contributed by atoms with van der Waals surface area (Å²) < 4.78 is 0. The molecule has 0 fully saturated rings. The predicted octanol–water partition coefficient (Wildman–Crippen LogP) is 4.00. The molecule has 0 spiro atoms. The van der Waals surface area contributed by atoms with Crippen molar-refractivity contribution in [3.05, 3.63) is 48.5 Å². The lowest BCUT2D eigenvalue weighted by Crippen LogP contribution is -1.87. The quantitative estimate of drug-likeness (QED) is 0.762. The SMILES string of the molecule is CC.CNc1ccc(-c2ccc(N)cc2)cc1. The van der Waals surface area contributed by atoms with Crippen LogP contribution in [0.15, 0.2) is 48.5 Å². The smallest absolute Gasteiger partial charge is 0.0337 e. The first-order valence-electron chi connectivity index (χ1n) is 5.93. The van der Waals surface area contributed by atoms with E-state index in [1.165, 1.54) is 11.1 Å². The molecule has 0 aromatic heterocycles. The molecule has 0 atom stereocenters. The van der Waals surface area contributed by atoms with Crippen LogP contribution in [0.5, 0.6) is 0 Å². The van der Waals surface area contributed by atoms with Crippen molar-refractivity contribution < 1.29 is 0 Å². The third-order valence-corrected chi connectivity index (χ3v) is 2.42. The van der Waals surface area contributed by atoms with Gasteiger partial charge in [0.15, 0.2) is 0 Å². The van der Waals surface area contributed by atoms with Crippen LogP contribution in [0.4, 0.5) is 11.4 Å². The highest BCUT2D eigenvalue weighted by Gasteiger charge is 1.96. The van der Waals surface area contributed by atoms with Crippen molar-refractivity contribution in [2.75, 3.05) is 18.1 Å². The molecular formula is C15H20N2. The van der Waals surface area contributed by atoms with Crippen LogP contribution >= 0.6 is 0 Å². The Morgan fingerprint density at radius 1 is 0.765 bits per heavy atom. The van der Waals surface area contributed by atoms with E-state index in [2.05, 4.69) is 29.6 Å². The second-order valence-corrected chi connectivity index (χ2v) is 3.45. The molecule has 0 saturated heterocycles. The van der Waals surface area contributed by atoms with E-state index in [4.69, 9.17) is 5.73 Å². The fourth-order valence-electron chi connectivity index (χ4n) is 1.50. The van der Waals surface area contributed by atoms with E-state index >= 15 is 0 Å². The highest BCUT2D eigenvalue weighted by atomic mass is 14.8. The highest BCUT2D eigenvalue weighted by Crippen LogP contribution is 2.22. The van der Waals surface area contributed by atoms with Crippen molar-refractivity contribution in [1.82, 2.24) is 0 Å². The van der Waals surface area contributed by atoms with Crippen LogP contribution in [-0.4, -0.2) is 7.05 Å². The molecule has 0 aliphatic heterocycles. The minimum atomic E-state index is 0.797. The Morgan fingerprint density at radius 2 is 1.18 bits per heavy atom. The lowest BCUT2D eigenvalue weighted by Gasteiger charge is -2.04. The van der Waals surface area contributed by atoms with E-state index < -0.39 is 0 Å². The molecule has 0 unspecified atom stereocenters. The first-order chi connectivity index (χ1) is 8.29. The molecule has 2 heteroatoms. The summed E-state index contributed by atoms with van der Waals surface area (Å²) in [6.07, 6.45) is 0. The van der Waals surface area contributed by atoms with Gasteiger partial charge in [-0.2, -0.15) is 0 Å². The number of nitrogen functional groups attached to an aromatic ring is 1. The summed E-state index contributed by atoms with van der Waals surface area (Å²) in [6.45, 7) is 4.00. The molecule has 90 valence electrons. The molecular weight excluding hydrogens is 208 g/mol. The Balaban J connectivity index is 0.000000686. The van der Waals surface area contributed by atoms with Gasteiger partial charge in [0.05, 0.1) is 0 Å². The maximum Gasteiger partial charge on any atom is 0.0337 e. The largest absolute Gasteiger partial charge is 0.399 e. The van der Waals surface area contributed by atoms with Gasteiger partial charge in [0.2, 0.25) is 0 Å². The Morgan fingerprint density at radius 3 is 1.59 bits per heavy atom. The van der Waals surface area contributed by atoms with Crippen molar-refractivity contribution in [2.45, 2.75) is 13.8 Å². The van der Waals surface area contributed by atoms with Crippen LogP contribution in [0.25, 0.3) is 11.1 Å². The number of hydrogen-bond donors (Lipinski definition) is 2. The fourth-order valence-corrected chi connectivity index (χ4v) is 1.50. The maximum atomic E-state index is 5.64. The molecule has 2 aromatic rings. The second kappa shape index (κ2) is 6.59. The average Bonchev–Trinajstić information content (AvgIpc) is 2.42. The zero-order chi connectivity index (χ0) is 12.7. The third-order valence-electron chi connectivity index (χ3n) is 2.42. The van der Waals surface area contributed by atoms with Crippen LogP contribution in [-0.2, 0) is 0 Å². The summed E-state index contributed by atoms with van der Waals surface area (Å²) in [5, 5.41) is 3.09. The van der Waals surface area contributed by atoms with Gasteiger partial charge in [-0.3, -0.25) is 0 Å². The zero-order valence-corrected chi connectivity index (χ0v) is 10.7. The number of nitrogens with two attached hydrogens (primary N) is 1. The molecule has 2 aromatic carbocycles. The Hall–Kier alpha value is -1.96. The maximum absolute atomic E-state index is 5.64. The van der Waals surface area contributed by atoms with Crippen LogP contribution in [0, 0.1) is 0 Å². The molecule has 0 aliphatic rings. The van der Waals surface area contributed by atoms with Gasteiger partial charge in [-0.1, -0.05) is 38.1 Å². The zero-order valence-electron chi connectivity index (χ0n) is 10.7. The van der Waals surface area contributed by atoms with Crippen LogP contribution in [0.2, 0.25) is 0 Å². The van der Waals surface area contributed by atoms with Crippen molar-refractivity contribution in [3.8, 4) is 11.1 Å². The molecule has 0 aliphatic carbocycles. The fraction of sp³-hybridized carbons (Fsp3) is 0.200. The molecule has 0 radical (unpaired) electrons. The minimum Gasteiger partial charge on any atom is -0.399 e. The van der Waals surface area contributed by atoms with E-state index in [0.29, 0.717) is 0 Å². The Labute approximate surface area is 103 Å². The van der Waals surface area contributed by atoms with E-state index in [9.17, 15) is 0 Å². The predicted molar refractivity (Wildman–Crippen MR) is 77.2 cm³/mol. The second-order valence-electron chi connectivity index (χ2n) is 3.45. The molecule has 2 nitrogen and oxygen atoms in total. The molecule has 0 heterocycles. The first-order valence-corrected chi connectivity index (χ1v) is 5.93. The molecule has 2 rings (SSSR count). The number of nitrogens with one attached hydrogen (secondary N) is 1. The minimum absolute atomic E-state index is 0.797. The van der Waals surface area contributed by atoms with Gasteiger partial charge in [-0.15, -0.1) is 0 Å². The average molecular weight is 228 g/mol. The summed E-state index contributed by atoms with van der Waals surface area (Å²) in [6, 6.07) is 16.2. The standard InChI is InChI=1S/C13H14N2.C2H6/c1-15-13-8-4-11(5-9-13)10-2-6-12(14)7-3-10;1-2/h2-9,15H,14H2,1H3;1-2H3. The van der Waals surface area contributed by atoms with Crippen LogP contribution in [0.1, 0.15) is 13.8 Å². The highest BCUT2D eigenvalue weighted by molar-refractivity contribution is 5.67. The summed E-state index contributed by atoms with van der Waals surface area (Å²) in [7, 11) is 1.91. The summed E-state index contributed by atoms with van der Waals surface area (Å²) in [5.74, 6) is 0. The number of anilines is 2. The third kappa shape index (κ3) is 3.52. The molecule has 0 saturated carbocycles. The van der Waals surface area contributed by atoms with Gasteiger partial charge in [-0.25, -0.2) is 0 Å². The lowest BCUT2D eigenvalue weighted by atomic mass is 10.1. The normalized spacial score (nSPS) is 9.12. The van der Waals surface area contributed by atoms with Crippen molar-refractivity contribution in [1.29, 1.82) is 0 Å². The number of hydrogen-bond acceptors (Lipinski definition) is 2. The lowest BCUT2D eigenvalue weighted by molar-refractivity contribution is 1.50.